The SMILES string of the molecule is COc1ccc(-c2ccc(C3[C@H]4CNC[C@@H]3N4Cc3ccc4c(c3)OCO4)cc2)cc1. The number of hydrogen-bond donors (Lipinski definition) is 1. The van der Waals surface area contributed by atoms with E-state index in [4.69, 9.17) is 14.2 Å². The van der Waals surface area contributed by atoms with Gasteiger partial charge in [-0.1, -0.05) is 42.5 Å². The first-order chi connectivity index (χ1) is 15.3. The van der Waals surface area contributed by atoms with Crippen LogP contribution in [0.25, 0.3) is 11.1 Å². The van der Waals surface area contributed by atoms with E-state index in [1.165, 1.54) is 22.3 Å². The second-order valence-corrected chi connectivity index (χ2v) is 8.53. The average Bonchev–Trinajstić information content (AvgIpc) is 3.31. The van der Waals surface area contributed by atoms with Crippen molar-refractivity contribution in [2.75, 3.05) is 27.0 Å². The number of hydrogen-bond acceptors (Lipinski definition) is 5. The van der Waals surface area contributed by atoms with Gasteiger partial charge in [0, 0.05) is 37.6 Å². The molecule has 0 radical (unpaired) electrons. The van der Waals surface area contributed by atoms with Crippen LogP contribution in [0.4, 0.5) is 0 Å². The maximum atomic E-state index is 5.56. The van der Waals surface area contributed by atoms with E-state index >= 15 is 0 Å². The molecule has 1 N–H and O–H groups in total. The number of benzene rings is 3. The number of nitrogens with one attached hydrogen (secondary N) is 1. The number of rotatable bonds is 5. The Morgan fingerprint density at radius 2 is 1.55 bits per heavy atom. The van der Waals surface area contributed by atoms with Crippen molar-refractivity contribution < 1.29 is 14.2 Å². The summed E-state index contributed by atoms with van der Waals surface area (Å²) in [5, 5.41) is 3.59. The van der Waals surface area contributed by atoms with Crippen molar-refractivity contribution in [3.63, 3.8) is 0 Å². The summed E-state index contributed by atoms with van der Waals surface area (Å²) in [6, 6.07) is 24.7. The number of piperazine rings is 1. The molecule has 2 fully saturated rings. The molecule has 0 aromatic heterocycles. The fourth-order valence-electron chi connectivity index (χ4n) is 5.29. The number of methoxy groups -OCH3 is 1. The Balaban J connectivity index is 1.18. The summed E-state index contributed by atoms with van der Waals surface area (Å²) in [5.74, 6) is 3.19. The highest BCUT2D eigenvalue weighted by molar-refractivity contribution is 5.64. The molecule has 0 spiro atoms. The van der Waals surface area contributed by atoms with Crippen LogP contribution < -0.4 is 19.5 Å². The van der Waals surface area contributed by atoms with Gasteiger partial charge in [-0.2, -0.15) is 0 Å². The highest BCUT2D eigenvalue weighted by atomic mass is 16.7. The van der Waals surface area contributed by atoms with Gasteiger partial charge in [0.2, 0.25) is 6.79 Å². The Kier molecular flexibility index (Phi) is 4.59. The Labute approximate surface area is 182 Å². The zero-order chi connectivity index (χ0) is 20.8. The summed E-state index contributed by atoms with van der Waals surface area (Å²) in [6.07, 6.45) is 0. The van der Waals surface area contributed by atoms with Crippen molar-refractivity contribution >= 4 is 0 Å². The quantitative estimate of drug-likeness (QED) is 0.683. The summed E-state index contributed by atoms with van der Waals surface area (Å²) in [5.41, 5.74) is 5.18. The standard InChI is InChI=1S/C26H26N2O3/c1-29-21-9-7-19(8-10-21)18-3-5-20(6-4-18)26-22-13-27-14-23(26)28(22)15-17-2-11-24-25(12-17)31-16-30-24/h2-12,22-23,26-27H,13-16H2,1H3/t22-,23+,26?. The van der Waals surface area contributed by atoms with Crippen molar-refractivity contribution in [3.05, 3.63) is 77.9 Å². The summed E-state index contributed by atoms with van der Waals surface area (Å²) < 4.78 is 16.3. The minimum Gasteiger partial charge on any atom is -0.497 e. The second kappa shape index (κ2) is 7.59. The topological polar surface area (TPSA) is 43.0 Å². The van der Waals surface area contributed by atoms with Gasteiger partial charge in [0.25, 0.3) is 0 Å². The molecule has 3 aliphatic heterocycles. The van der Waals surface area contributed by atoms with Crippen LogP contribution >= 0.6 is 0 Å². The van der Waals surface area contributed by atoms with E-state index in [2.05, 4.69) is 58.7 Å². The normalized spacial score (nSPS) is 24.0. The summed E-state index contributed by atoms with van der Waals surface area (Å²) in [7, 11) is 1.70. The first-order valence-electron chi connectivity index (χ1n) is 10.9. The first kappa shape index (κ1) is 18.7. The van der Waals surface area contributed by atoms with Gasteiger partial charge >= 0.3 is 0 Å². The molecule has 3 aromatic rings. The lowest BCUT2D eigenvalue weighted by Crippen LogP contribution is -2.72. The number of fused-ring (bicyclic) bond motifs is 3. The summed E-state index contributed by atoms with van der Waals surface area (Å²) in [4.78, 5) is 2.64. The zero-order valence-electron chi connectivity index (χ0n) is 17.6. The lowest BCUT2D eigenvalue weighted by Gasteiger charge is -2.59. The third-order valence-electron chi connectivity index (χ3n) is 6.91. The molecule has 158 valence electrons. The van der Waals surface area contributed by atoms with Crippen molar-refractivity contribution in [2.24, 2.45) is 0 Å². The highest BCUT2D eigenvalue weighted by Crippen LogP contribution is 2.44. The number of piperidine rings is 1. The molecular formula is C26H26N2O3. The summed E-state index contributed by atoms with van der Waals surface area (Å²) >= 11 is 0. The number of nitrogens with zero attached hydrogens (tertiary/aromatic N) is 1. The number of likely N-dealkylation sites (tertiary alicyclic amines) is 1. The van der Waals surface area contributed by atoms with Gasteiger partial charge in [-0.15, -0.1) is 0 Å². The molecule has 5 heteroatoms. The Morgan fingerprint density at radius 1 is 0.871 bits per heavy atom. The van der Waals surface area contributed by atoms with Gasteiger partial charge in [0.1, 0.15) is 5.75 Å². The van der Waals surface area contributed by atoms with E-state index in [1.54, 1.807) is 7.11 Å². The van der Waals surface area contributed by atoms with Gasteiger partial charge < -0.3 is 19.5 Å². The molecule has 2 bridgehead atoms. The molecule has 1 unspecified atom stereocenters. The van der Waals surface area contributed by atoms with Crippen molar-refractivity contribution in [3.8, 4) is 28.4 Å². The first-order valence-corrected chi connectivity index (χ1v) is 10.9. The lowest BCUT2D eigenvalue weighted by atomic mass is 9.72. The Morgan fingerprint density at radius 3 is 2.26 bits per heavy atom. The van der Waals surface area contributed by atoms with Crippen molar-refractivity contribution in [1.82, 2.24) is 10.2 Å². The van der Waals surface area contributed by atoms with E-state index in [1.807, 2.05) is 18.2 Å². The maximum absolute atomic E-state index is 5.56. The van der Waals surface area contributed by atoms with Crippen LogP contribution in [-0.2, 0) is 6.54 Å². The average molecular weight is 415 g/mol. The molecule has 5 nitrogen and oxygen atoms in total. The molecular weight excluding hydrogens is 388 g/mol. The Hall–Kier alpha value is -3.02. The fourth-order valence-corrected chi connectivity index (χ4v) is 5.29. The second-order valence-electron chi connectivity index (χ2n) is 8.53. The predicted octanol–water partition coefficient (Wildman–Crippen LogP) is 4.03. The van der Waals surface area contributed by atoms with Crippen LogP contribution in [0.15, 0.2) is 66.7 Å². The molecule has 3 atom stereocenters. The minimum atomic E-state index is 0.326. The van der Waals surface area contributed by atoms with Crippen molar-refractivity contribution in [2.45, 2.75) is 24.5 Å². The van der Waals surface area contributed by atoms with Gasteiger partial charge in [0.05, 0.1) is 7.11 Å². The predicted molar refractivity (Wildman–Crippen MR) is 120 cm³/mol. The lowest BCUT2D eigenvalue weighted by molar-refractivity contribution is -0.0483. The zero-order valence-corrected chi connectivity index (χ0v) is 17.6. The molecule has 0 amide bonds. The van der Waals surface area contributed by atoms with E-state index in [9.17, 15) is 0 Å². The fraction of sp³-hybridized carbons (Fsp3) is 0.308. The van der Waals surface area contributed by atoms with Gasteiger partial charge in [0.15, 0.2) is 11.5 Å². The van der Waals surface area contributed by atoms with Crippen LogP contribution in [-0.4, -0.2) is 44.0 Å². The third-order valence-corrected chi connectivity index (χ3v) is 6.91. The maximum Gasteiger partial charge on any atom is 0.231 e. The summed E-state index contributed by atoms with van der Waals surface area (Å²) in [6.45, 7) is 3.35. The van der Waals surface area contributed by atoms with E-state index in [0.717, 1.165) is 36.9 Å². The number of ether oxygens (including phenoxy) is 3. The molecule has 2 saturated heterocycles. The van der Waals surface area contributed by atoms with E-state index < -0.39 is 0 Å². The highest BCUT2D eigenvalue weighted by Gasteiger charge is 2.50. The molecule has 31 heavy (non-hydrogen) atoms. The third kappa shape index (κ3) is 3.25. The van der Waals surface area contributed by atoms with Gasteiger partial charge in [-0.25, -0.2) is 0 Å². The molecule has 6 rings (SSSR count). The molecule has 3 aromatic carbocycles. The Bertz CT molecular complexity index is 1070. The van der Waals surface area contributed by atoms with Gasteiger partial charge in [-0.05, 0) is 46.5 Å². The molecule has 0 saturated carbocycles. The molecule has 3 aliphatic rings. The van der Waals surface area contributed by atoms with Crippen LogP contribution in [0.5, 0.6) is 17.2 Å². The van der Waals surface area contributed by atoms with Crippen LogP contribution in [0.3, 0.4) is 0 Å². The minimum absolute atomic E-state index is 0.326. The molecule has 0 aliphatic carbocycles. The van der Waals surface area contributed by atoms with E-state index in [0.29, 0.717) is 24.8 Å². The largest absolute Gasteiger partial charge is 0.497 e. The van der Waals surface area contributed by atoms with Crippen LogP contribution in [0.2, 0.25) is 0 Å². The smallest absolute Gasteiger partial charge is 0.231 e. The van der Waals surface area contributed by atoms with Crippen molar-refractivity contribution in [1.29, 1.82) is 0 Å². The monoisotopic (exact) mass is 414 g/mol. The van der Waals surface area contributed by atoms with Crippen LogP contribution in [0, 0.1) is 0 Å². The molecule has 3 heterocycles. The van der Waals surface area contributed by atoms with Crippen LogP contribution in [0.1, 0.15) is 17.0 Å². The van der Waals surface area contributed by atoms with E-state index in [-0.39, 0.29) is 0 Å². The van der Waals surface area contributed by atoms with Gasteiger partial charge in [-0.3, -0.25) is 4.90 Å².